The van der Waals surface area contributed by atoms with Gasteiger partial charge in [-0.05, 0) is 80.7 Å². The Balaban J connectivity index is 1.41. The largest absolute Gasteiger partial charge is 0.390 e. The van der Waals surface area contributed by atoms with Gasteiger partial charge in [0.2, 0.25) is 0 Å². The Hall–Kier alpha value is -3.75. The number of likely N-dealkylation sites (tertiary alicyclic amines) is 1. The Labute approximate surface area is 215 Å². The Kier molecular flexibility index (Phi) is 6.95. The average Bonchev–Trinajstić information content (AvgIpc) is 3.56. The third-order valence-electron chi connectivity index (χ3n) is 7.12. The number of aliphatic hydroxyl groups excluding tert-OH is 1. The molecule has 2 aromatic carbocycles. The molecule has 192 valence electrons. The number of fused-ring (bicyclic) bond motifs is 1. The number of hydrogen-bond donors (Lipinski definition) is 4. The number of halogens is 1. The molecule has 0 radical (unpaired) electrons. The van der Waals surface area contributed by atoms with Crippen molar-refractivity contribution in [3.8, 4) is 11.1 Å². The first-order valence-electron chi connectivity index (χ1n) is 12.6. The maximum atomic E-state index is 14.0. The van der Waals surface area contributed by atoms with E-state index in [0.29, 0.717) is 51.4 Å². The second kappa shape index (κ2) is 10.3. The summed E-state index contributed by atoms with van der Waals surface area (Å²) < 4.78 is 14.0. The Morgan fingerprint density at radius 3 is 2.70 bits per heavy atom. The fraction of sp³-hybridized carbons (Fsp3) is 0.310. The molecule has 3 heterocycles. The molecule has 37 heavy (non-hydrogen) atoms. The van der Waals surface area contributed by atoms with Crippen LogP contribution in [0.15, 0.2) is 42.5 Å². The molecule has 0 aliphatic carbocycles. The molecule has 1 aromatic heterocycles. The molecule has 4 N–H and O–H groups in total. The maximum absolute atomic E-state index is 14.0. The summed E-state index contributed by atoms with van der Waals surface area (Å²) in [4.78, 5) is 31.4. The molecule has 1 atom stereocenters. The number of amides is 2. The fourth-order valence-electron chi connectivity index (χ4n) is 5.31. The smallest absolute Gasteiger partial charge is 0.256 e. The number of aromatic nitrogens is 1. The van der Waals surface area contributed by atoms with Gasteiger partial charge in [0.05, 0.1) is 17.2 Å². The summed E-state index contributed by atoms with van der Waals surface area (Å²) >= 11 is 0. The molecule has 0 spiro atoms. The number of aromatic amines is 1. The third kappa shape index (κ3) is 5.08. The number of rotatable bonds is 7. The molecule has 3 aromatic rings. The molecule has 5 rings (SSSR count). The third-order valence-corrected chi connectivity index (χ3v) is 7.12. The molecule has 2 aliphatic heterocycles. The van der Waals surface area contributed by atoms with Crippen molar-refractivity contribution in [2.75, 3.05) is 31.5 Å². The van der Waals surface area contributed by atoms with Gasteiger partial charge in [-0.15, -0.1) is 0 Å². The van der Waals surface area contributed by atoms with Crippen LogP contribution < -0.4 is 10.6 Å². The van der Waals surface area contributed by atoms with E-state index in [-0.39, 0.29) is 24.2 Å². The van der Waals surface area contributed by atoms with Crippen molar-refractivity contribution in [2.24, 2.45) is 0 Å². The number of H-pyrrole nitrogens is 1. The normalized spacial score (nSPS) is 17.2. The van der Waals surface area contributed by atoms with Crippen LogP contribution in [0.5, 0.6) is 0 Å². The van der Waals surface area contributed by atoms with Gasteiger partial charge in [0, 0.05) is 35.7 Å². The number of carbonyl (C=O) groups is 2. The summed E-state index contributed by atoms with van der Waals surface area (Å²) in [5.74, 6) is -0.885. The molecule has 2 amide bonds. The SMILES string of the molecule is Cc1[nH]c(/C=C2\C(=O)Nc3cccc(-c4cccc(F)c4)c32)c(C)c1C(=O)NCC(O)CN1CCCC1. The molecule has 1 saturated heterocycles. The number of carbonyl (C=O) groups excluding carboxylic acids is 2. The van der Waals surface area contributed by atoms with Crippen LogP contribution in [0.1, 0.15) is 45.7 Å². The van der Waals surface area contributed by atoms with Crippen molar-refractivity contribution in [2.45, 2.75) is 32.8 Å². The number of benzene rings is 2. The van der Waals surface area contributed by atoms with Gasteiger partial charge >= 0.3 is 0 Å². The van der Waals surface area contributed by atoms with Gasteiger partial charge in [0.15, 0.2) is 0 Å². The molecule has 8 heteroatoms. The molecule has 0 bridgehead atoms. The van der Waals surface area contributed by atoms with Gasteiger partial charge in [-0.1, -0.05) is 24.3 Å². The van der Waals surface area contributed by atoms with Gasteiger partial charge in [0.25, 0.3) is 11.8 Å². The van der Waals surface area contributed by atoms with Crippen molar-refractivity contribution in [1.29, 1.82) is 0 Å². The van der Waals surface area contributed by atoms with E-state index >= 15 is 0 Å². The lowest BCUT2D eigenvalue weighted by atomic mass is 9.94. The first-order valence-corrected chi connectivity index (χ1v) is 12.6. The number of nitrogens with zero attached hydrogens (tertiary/aromatic N) is 1. The van der Waals surface area contributed by atoms with Gasteiger partial charge in [0.1, 0.15) is 5.82 Å². The lowest BCUT2D eigenvalue weighted by molar-refractivity contribution is -0.110. The molecule has 2 aliphatic rings. The van der Waals surface area contributed by atoms with Crippen LogP contribution in [0.3, 0.4) is 0 Å². The first kappa shape index (κ1) is 24.9. The summed E-state index contributed by atoms with van der Waals surface area (Å²) in [7, 11) is 0. The molecular weight excluding hydrogens is 471 g/mol. The van der Waals surface area contributed by atoms with Crippen molar-refractivity contribution in [3.63, 3.8) is 0 Å². The van der Waals surface area contributed by atoms with E-state index in [9.17, 15) is 19.1 Å². The predicted octanol–water partition coefficient (Wildman–Crippen LogP) is 4.12. The minimum atomic E-state index is -0.636. The molecular formula is C29H31FN4O3. The monoisotopic (exact) mass is 502 g/mol. The fourth-order valence-corrected chi connectivity index (χ4v) is 5.31. The van der Waals surface area contributed by atoms with Gasteiger partial charge in [-0.25, -0.2) is 4.39 Å². The highest BCUT2D eigenvalue weighted by Gasteiger charge is 2.28. The first-order chi connectivity index (χ1) is 17.8. The van der Waals surface area contributed by atoms with Gasteiger partial charge in [-0.3, -0.25) is 9.59 Å². The highest BCUT2D eigenvalue weighted by Crippen LogP contribution is 2.40. The Morgan fingerprint density at radius 2 is 1.95 bits per heavy atom. The summed E-state index contributed by atoms with van der Waals surface area (Å²) in [6.07, 6.45) is 3.39. The topological polar surface area (TPSA) is 97.5 Å². The second-order valence-corrected chi connectivity index (χ2v) is 9.79. The number of hydrogen-bond acceptors (Lipinski definition) is 4. The van der Waals surface area contributed by atoms with Crippen LogP contribution in [-0.2, 0) is 4.79 Å². The lowest BCUT2D eigenvalue weighted by Gasteiger charge is -2.19. The van der Waals surface area contributed by atoms with Crippen LogP contribution >= 0.6 is 0 Å². The second-order valence-electron chi connectivity index (χ2n) is 9.79. The number of aryl methyl sites for hydroxylation is 1. The standard InChI is InChI=1S/C29H31FN4O3/c1-17-25(32-18(2)26(17)29(37)31-15-21(35)16-34-11-3-4-12-34)14-23-27-22(19-7-5-8-20(30)13-19)9-6-10-24(27)33-28(23)36/h5-10,13-14,21,32,35H,3-4,11-12,15-16H2,1-2H3,(H,31,37)(H,33,36)/b23-14-. The minimum absolute atomic E-state index is 0.169. The van der Waals surface area contributed by atoms with E-state index in [0.717, 1.165) is 31.5 Å². The van der Waals surface area contributed by atoms with Crippen LogP contribution in [0, 0.1) is 19.7 Å². The van der Waals surface area contributed by atoms with Crippen LogP contribution in [-0.4, -0.2) is 59.1 Å². The summed E-state index contributed by atoms with van der Waals surface area (Å²) in [6, 6.07) is 11.8. The zero-order valence-corrected chi connectivity index (χ0v) is 21.0. The van der Waals surface area contributed by atoms with E-state index in [1.54, 1.807) is 12.1 Å². The quantitative estimate of drug-likeness (QED) is 0.366. The number of β-amino-alcohol motifs (C(OH)–C–C–N with tert-alkyl or cyclic N) is 1. The molecule has 1 fully saturated rings. The summed E-state index contributed by atoms with van der Waals surface area (Å²) in [5, 5.41) is 16.1. The van der Waals surface area contributed by atoms with Crippen molar-refractivity contribution < 1.29 is 19.1 Å². The van der Waals surface area contributed by atoms with Gasteiger partial charge < -0.3 is 25.6 Å². The molecule has 1 unspecified atom stereocenters. The zero-order valence-electron chi connectivity index (χ0n) is 21.0. The predicted molar refractivity (Wildman–Crippen MR) is 143 cm³/mol. The average molecular weight is 503 g/mol. The van der Waals surface area contributed by atoms with E-state index in [1.807, 2.05) is 38.1 Å². The molecule has 0 saturated carbocycles. The van der Waals surface area contributed by atoms with E-state index < -0.39 is 6.10 Å². The highest BCUT2D eigenvalue weighted by molar-refractivity contribution is 6.36. The number of aliphatic hydroxyl groups is 1. The summed E-state index contributed by atoms with van der Waals surface area (Å²) in [5.41, 5.74) is 5.73. The van der Waals surface area contributed by atoms with Crippen molar-refractivity contribution >= 4 is 29.2 Å². The lowest BCUT2D eigenvalue weighted by Crippen LogP contribution is -2.39. The summed E-state index contributed by atoms with van der Waals surface area (Å²) in [6.45, 7) is 6.32. The Morgan fingerprint density at radius 1 is 1.19 bits per heavy atom. The van der Waals surface area contributed by atoms with Crippen molar-refractivity contribution in [1.82, 2.24) is 15.2 Å². The van der Waals surface area contributed by atoms with Crippen LogP contribution in [0.4, 0.5) is 10.1 Å². The maximum Gasteiger partial charge on any atom is 0.256 e. The van der Waals surface area contributed by atoms with Crippen LogP contribution in [0.25, 0.3) is 22.8 Å². The van der Waals surface area contributed by atoms with E-state index in [2.05, 4.69) is 20.5 Å². The number of anilines is 1. The number of nitrogens with one attached hydrogen (secondary N) is 3. The highest BCUT2D eigenvalue weighted by atomic mass is 19.1. The minimum Gasteiger partial charge on any atom is -0.390 e. The van der Waals surface area contributed by atoms with E-state index in [4.69, 9.17) is 0 Å². The molecule has 7 nitrogen and oxygen atoms in total. The van der Waals surface area contributed by atoms with Crippen LogP contribution in [0.2, 0.25) is 0 Å². The van der Waals surface area contributed by atoms with E-state index in [1.165, 1.54) is 12.1 Å². The van der Waals surface area contributed by atoms with Crippen molar-refractivity contribution in [3.05, 3.63) is 76.4 Å². The van der Waals surface area contributed by atoms with Gasteiger partial charge in [-0.2, -0.15) is 0 Å². The Bertz CT molecular complexity index is 1390. The zero-order chi connectivity index (χ0) is 26.1.